The summed E-state index contributed by atoms with van der Waals surface area (Å²) in [5.41, 5.74) is 2.09. The molecule has 3 aromatic rings. The van der Waals surface area contributed by atoms with Crippen molar-refractivity contribution in [3.63, 3.8) is 0 Å². The number of nitrogens with zero attached hydrogens (tertiary/aromatic N) is 4. The number of hydrogen-bond donors (Lipinski definition) is 2. The molecule has 1 aromatic carbocycles. The molecule has 2 aliphatic carbocycles. The molecular formula is C27H33F2N5O4S. The van der Waals surface area contributed by atoms with Crippen LogP contribution in [0.2, 0.25) is 0 Å². The van der Waals surface area contributed by atoms with E-state index in [1.165, 1.54) is 12.1 Å². The highest BCUT2D eigenvalue weighted by molar-refractivity contribution is 7.99. The molecule has 0 spiro atoms. The van der Waals surface area contributed by atoms with E-state index in [-0.39, 0.29) is 49.5 Å². The van der Waals surface area contributed by atoms with Crippen LogP contribution < -0.4 is 5.32 Å². The highest BCUT2D eigenvalue weighted by Gasteiger charge is 2.55. The fourth-order valence-corrected chi connectivity index (χ4v) is 6.38. The second-order valence-corrected chi connectivity index (χ2v) is 11.9. The fourth-order valence-electron chi connectivity index (χ4n) is 5.69. The summed E-state index contributed by atoms with van der Waals surface area (Å²) in [7, 11) is 0. The van der Waals surface area contributed by atoms with E-state index in [0.29, 0.717) is 28.6 Å². The number of thioether (sulfide) groups is 1. The van der Waals surface area contributed by atoms with E-state index in [4.69, 9.17) is 29.2 Å². The van der Waals surface area contributed by atoms with Crippen LogP contribution in [0.15, 0.2) is 29.7 Å². The van der Waals surface area contributed by atoms with Crippen molar-refractivity contribution in [1.82, 2.24) is 19.5 Å². The molecule has 3 fully saturated rings. The minimum atomic E-state index is -0.845. The van der Waals surface area contributed by atoms with Gasteiger partial charge in [0.1, 0.15) is 12.2 Å². The van der Waals surface area contributed by atoms with Gasteiger partial charge in [0, 0.05) is 17.7 Å². The summed E-state index contributed by atoms with van der Waals surface area (Å²) in [5.74, 6) is -0.879. The first kappa shape index (κ1) is 26.8. The lowest BCUT2D eigenvalue weighted by Gasteiger charge is -2.24. The Morgan fingerprint density at radius 2 is 2.00 bits per heavy atom. The molecule has 12 heteroatoms. The quantitative estimate of drug-likeness (QED) is 0.275. The average Bonchev–Trinajstić information content (AvgIpc) is 3.24. The Kier molecular flexibility index (Phi) is 7.25. The predicted molar refractivity (Wildman–Crippen MR) is 142 cm³/mol. The molecular weight excluding hydrogens is 528 g/mol. The first-order valence-electron chi connectivity index (χ1n) is 13.4. The number of ether oxygens (including phenoxy) is 3. The van der Waals surface area contributed by atoms with Crippen molar-refractivity contribution in [2.24, 2.45) is 0 Å². The zero-order chi connectivity index (χ0) is 27.3. The van der Waals surface area contributed by atoms with E-state index in [2.05, 4.69) is 12.2 Å². The molecule has 39 heavy (non-hydrogen) atoms. The summed E-state index contributed by atoms with van der Waals surface area (Å²) < 4.78 is 47.7. The minimum absolute atomic E-state index is 0.0293. The molecule has 1 saturated heterocycles. The van der Waals surface area contributed by atoms with Gasteiger partial charge in [-0.3, -0.25) is 0 Å². The lowest BCUT2D eigenvalue weighted by atomic mass is 10.1. The summed E-state index contributed by atoms with van der Waals surface area (Å²) in [6, 6.07) is 3.97. The van der Waals surface area contributed by atoms with E-state index >= 15 is 0 Å². The summed E-state index contributed by atoms with van der Waals surface area (Å²) in [6.45, 7) is 6.05. The zero-order valence-electron chi connectivity index (χ0n) is 22.1. The van der Waals surface area contributed by atoms with Crippen LogP contribution in [0.25, 0.3) is 11.2 Å². The normalized spacial score (nSPS) is 29.2. The van der Waals surface area contributed by atoms with Crippen molar-refractivity contribution in [2.75, 3.05) is 24.3 Å². The maximum atomic E-state index is 13.8. The molecule has 2 aromatic heterocycles. The highest BCUT2D eigenvalue weighted by atomic mass is 32.2. The van der Waals surface area contributed by atoms with Gasteiger partial charge in [-0.25, -0.2) is 23.7 Å². The molecule has 9 nitrogen and oxygen atoms in total. The van der Waals surface area contributed by atoms with Crippen molar-refractivity contribution >= 4 is 28.7 Å². The number of hydrogen-bond acceptors (Lipinski definition) is 9. The zero-order valence-corrected chi connectivity index (χ0v) is 23.0. The Labute approximate surface area is 229 Å². The number of anilines is 1. The van der Waals surface area contributed by atoms with Crippen LogP contribution in [0, 0.1) is 11.6 Å². The largest absolute Gasteiger partial charge is 0.394 e. The van der Waals surface area contributed by atoms with Crippen LogP contribution in [-0.4, -0.2) is 73.7 Å². The molecule has 6 rings (SSSR count). The van der Waals surface area contributed by atoms with Crippen LogP contribution in [0.4, 0.5) is 14.6 Å². The predicted octanol–water partition coefficient (Wildman–Crippen LogP) is 4.42. The van der Waals surface area contributed by atoms with Gasteiger partial charge >= 0.3 is 0 Å². The third kappa shape index (κ3) is 5.24. The number of aliphatic hydroxyl groups excluding tert-OH is 1. The van der Waals surface area contributed by atoms with Crippen molar-refractivity contribution in [3.05, 3.63) is 41.7 Å². The number of halogens is 2. The Bertz CT molecular complexity index is 1360. The Morgan fingerprint density at radius 1 is 1.18 bits per heavy atom. The second kappa shape index (κ2) is 10.5. The van der Waals surface area contributed by atoms with Gasteiger partial charge in [-0.2, -0.15) is 0 Å². The molecule has 0 amide bonds. The van der Waals surface area contributed by atoms with Gasteiger partial charge < -0.3 is 29.2 Å². The van der Waals surface area contributed by atoms with E-state index in [9.17, 15) is 13.9 Å². The number of aromatic nitrogens is 4. The average molecular weight is 562 g/mol. The number of fused-ring (bicyclic) bond motifs is 2. The number of benzene rings is 1. The smallest absolute Gasteiger partial charge is 0.191 e. The number of rotatable bonds is 10. The molecule has 6 atom stereocenters. The first-order chi connectivity index (χ1) is 18.8. The van der Waals surface area contributed by atoms with Crippen LogP contribution in [0.3, 0.4) is 0 Å². The number of nitrogens with one attached hydrogen (secondary N) is 1. The monoisotopic (exact) mass is 561 g/mol. The van der Waals surface area contributed by atoms with Gasteiger partial charge in [-0.15, -0.1) is 0 Å². The Balaban J connectivity index is 1.31. The lowest BCUT2D eigenvalue weighted by molar-refractivity contribution is -0.170. The van der Waals surface area contributed by atoms with Crippen LogP contribution in [0.1, 0.15) is 57.6 Å². The molecule has 2 saturated carbocycles. The van der Waals surface area contributed by atoms with Gasteiger partial charge in [0.05, 0.1) is 31.7 Å². The maximum Gasteiger partial charge on any atom is 0.191 e. The van der Waals surface area contributed by atoms with E-state index in [1.54, 1.807) is 24.2 Å². The topological polar surface area (TPSA) is 104 Å². The number of imidazole rings is 1. The van der Waals surface area contributed by atoms with Gasteiger partial charge in [0.25, 0.3) is 0 Å². The summed E-state index contributed by atoms with van der Waals surface area (Å²) in [6.07, 6.45) is 3.39. The third-order valence-electron chi connectivity index (χ3n) is 7.48. The van der Waals surface area contributed by atoms with Crippen molar-refractivity contribution in [2.45, 2.75) is 87.3 Å². The molecule has 0 radical (unpaired) electrons. The van der Waals surface area contributed by atoms with Crippen LogP contribution in [-0.2, 0) is 14.2 Å². The summed E-state index contributed by atoms with van der Waals surface area (Å²) in [5, 5.41) is 13.5. The second-order valence-electron chi connectivity index (χ2n) is 10.8. The van der Waals surface area contributed by atoms with Crippen molar-refractivity contribution in [1.29, 1.82) is 0 Å². The van der Waals surface area contributed by atoms with Gasteiger partial charge in [0.2, 0.25) is 0 Å². The minimum Gasteiger partial charge on any atom is -0.394 e. The number of aliphatic hydroxyl groups is 1. The standard InChI is InChI=1S/C27H33F2N5O4S/c1-4-9-39-26-32-24(31-18-11-15(18)14-5-6-16(28)17(29)10-14)21-25(33-26)34(13-30-21)19-12-20(36-8-7-35)23-22(19)37-27(2,3)38-23/h5-6,10,13,15,18-20,22-23,35H,4,7-9,11-12H2,1-3H3,(H,31,32,33)/t15-,18-,19+,20-,22-,23+/m0/s1. The van der Waals surface area contributed by atoms with Crippen LogP contribution >= 0.6 is 11.8 Å². The highest BCUT2D eigenvalue weighted by Crippen LogP contribution is 2.47. The van der Waals surface area contributed by atoms with Crippen LogP contribution in [0.5, 0.6) is 0 Å². The summed E-state index contributed by atoms with van der Waals surface area (Å²) in [4.78, 5) is 14.4. The van der Waals surface area contributed by atoms with Crippen molar-refractivity contribution in [3.8, 4) is 0 Å². The molecule has 3 aliphatic rings. The summed E-state index contributed by atoms with van der Waals surface area (Å²) >= 11 is 1.58. The van der Waals surface area contributed by atoms with Gasteiger partial charge in [0.15, 0.2) is 39.6 Å². The molecule has 1 aliphatic heterocycles. The molecule has 3 heterocycles. The van der Waals surface area contributed by atoms with E-state index in [0.717, 1.165) is 24.2 Å². The van der Waals surface area contributed by atoms with Gasteiger partial charge in [-0.05, 0) is 50.8 Å². The fraction of sp³-hybridized carbons (Fsp3) is 0.593. The van der Waals surface area contributed by atoms with Crippen molar-refractivity contribution < 1.29 is 28.1 Å². The maximum absolute atomic E-state index is 13.8. The van der Waals surface area contributed by atoms with E-state index < -0.39 is 17.4 Å². The van der Waals surface area contributed by atoms with Gasteiger partial charge in [-0.1, -0.05) is 24.8 Å². The first-order valence-corrected chi connectivity index (χ1v) is 14.4. The Morgan fingerprint density at radius 3 is 2.77 bits per heavy atom. The van der Waals surface area contributed by atoms with E-state index in [1.807, 2.05) is 18.4 Å². The molecule has 0 bridgehead atoms. The molecule has 210 valence electrons. The Hall–Kier alpha value is -2.38. The molecule has 0 unspecified atom stereocenters. The SMILES string of the molecule is CCCSc1nc(N[C@H]2C[C@H]2c2ccc(F)c(F)c2)c2ncn([C@@H]3C[C@H](OCCO)[C@H]4OC(C)(C)O[C@H]43)c2n1. The lowest BCUT2D eigenvalue weighted by Crippen LogP contribution is -2.31. The third-order valence-corrected chi connectivity index (χ3v) is 8.54. The molecule has 2 N–H and O–H groups in total.